The molecule has 2 aromatic carbocycles. The van der Waals surface area contributed by atoms with Gasteiger partial charge in [-0.05, 0) is 53.8 Å². The van der Waals surface area contributed by atoms with Crippen molar-refractivity contribution >= 4 is 34.6 Å². The lowest BCUT2D eigenvalue weighted by molar-refractivity contribution is 0.103. The molecule has 0 aliphatic rings. The number of aryl methyl sites for hydroxylation is 1. The molecule has 0 bridgehead atoms. The zero-order valence-electron chi connectivity index (χ0n) is 14.6. The Bertz CT molecular complexity index is 958. The number of amides is 3. The Morgan fingerprint density at radius 1 is 1.00 bits per heavy atom. The fraction of sp³-hybridized carbons (Fsp3) is 0.100. The van der Waals surface area contributed by atoms with E-state index in [0.717, 1.165) is 5.56 Å². The Morgan fingerprint density at radius 3 is 2.48 bits per heavy atom. The second-order valence-corrected chi connectivity index (χ2v) is 6.85. The van der Waals surface area contributed by atoms with Crippen LogP contribution in [-0.2, 0) is 6.54 Å². The van der Waals surface area contributed by atoms with Crippen molar-refractivity contribution in [2.75, 3.05) is 10.6 Å². The van der Waals surface area contributed by atoms with Crippen LogP contribution in [0, 0.1) is 12.7 Å². The largest absolute Gasteiger partial charge is 0.334 e. The Morgan fingerprint density at radius 2 is 1.78 bits per heavy atom. The van der Waals surface area contributed by atoms with Crippen molar-refractivity contribution in [1.82, 2.24) is 5.32 Å². The zero-order chi connectivity index (χ0) is 19.2. The zero-order valence-corrected chi connectivity index (χ0v) is 15.4. The summed E-state index contributed by atoms with van der Waals surface area (Å²) >= 11 is 1.36. The van der Waals surface area contributed by atoms with Crippen molar-refractivity contribution in [1.29, 1.82) is 0 Å². The summed E-state index contributed by atoms with van der Waals surface area (Å²) in [6, 6.07) is 14.7. The quantitative estimate of drug-likeness (QED) is 0.594. The third-order valence-corrected chi connectivity index (χ3v) is 4.67. The predicted molar refractivity (Wildman–Crippen MR) is 106 cm³/mol. The number of hydrogen-bond acceptors (Lipinski definition) is 3. The molecule has 0 saturated heterocycles. The van der Waals surface area contributed by atoms with E-state index >= 15 is 0 Å². The van der Waals surface area contributed by atoms with Crippen LogP contribution in [0.3, 0.4) is 0 Å². The summed E-state index contributed by atoms with van der Waals surface area (Å²) in [5.41, 5.74) is 2.47. The molecular formula is C20H18FN3O2S. The van der Waals surface area contributed by atoms with Crippen LogP contribution >= 0.6 is 11.3 Å². The lowest BCUT2D eigenvalue weighted by Gasteiger charge is -2.10. The maximum absolute atomic E-state index is 13.3. The molecule has 0 saturated carbocycles. The van der Waals surface area contributed by atoms with Crippen LogP contribution in [0.5, 0.6) is 0 Å². The number of anilines is 2. The first kappa shape index (κ1) is 18.6. The molecule has 0 radical (unpaired) electrons. The highest BCUT2D eigenvalue weighted by atomic mass is 32.1. The fourth-order valence-electron chi connectivity index (χ4n) is 2.45. The van der Waals surface area contributed by atoms with Gasteiger partial charge in [0.15, 0.2) is 0 Å². The minimum atomic E-state index is -0.390. The Hall–Kier alpha value is -3.19. The van der Waals surface area contributed by atoms with Crippen LogP contribution in [0.2, 0.25) is 0 Å². The Labute approximate surface area is 160 Å². The van der Waals surface area contributed by atoms with Crippen LogP contribution in [-0.4, -0.2) is 11.9 Å². The Balaban J connectivity index is 1.56. The maximum atomic E-state index is 13.3. The molecule has 3 aromatic rings. The monoisotopic (exact) mass is 383 g/mol. The van der Waals surface area contributed by atoms with Crippen LogP contribution in [0.15, 0.2) is 60.0 Å². The summed E-state index contributed by atoms with van der Waals surface area (Å²) in [6.07, 6.45) is 0. The molecule has 0 fully saturated rings. The molecule has 1 heterocycles. The molecule has 1 aromatic heterocycles. The van der Waals surface area contributed by atoms with Gasteiger partial charge in [-0.2, -0.15) is 0 Å². The van der Waals surface area contributed by atoms with Crippen molar-refractivity contribution in [2.24, 2.45) is 0 Å². The van der Waals surface area contributed by atoms with Gasteiger partial charge in [-0.15, -0.1) is 11.3 Å². The van der Waals surface area contributed by atoms with Crippen LogP contribution in [0.4, 0.5) is 20.6 Å². The molecule has 0 atom stereocenters. The van der Waals surface area contributed by atoms with Gasteiger partial charge in [0, 0.05) is 17.9 Å². The number of halogens is 1. The first-order valence-electron chi connectivity index (χ1n) is 8.26. The highest BCUT2D eigenvalue weighted by Gasteiger charge is 2.08. The summed E-state index contributed by atoms with van der Waals surface area (Å²) in [4.78, 5) is 24.8. The van der Waals surface area contributed by atoms with Gasteiger partial charge in [-0.3, -0.25) is 4.79 Å². The molecular weight excluding hydrogens is 365 g/mol. The number of carbonyl (C=O) groups is 2. The van der Waals surface area contributed by atoms with E-state index in [4.69, 9.17) is 0 Å². The summed E-state index contributed by atoms with van der Waals surface area (Å²) in [5.74, 6) is -0.470. The van der Waals surface area contributed by atoms with E-state index in [0.29, 0.717) is 21.8 Å². The molecule has 3 rings (SSSR count). The van der Waals surface area contributed by atoms with E-state index in [1.807, 2.05) is 11.4 Å². The van der Waals surface area contributed by atoms with Crippen molar-refractivity contribution < 1.29 is 14.0 Å². The van der Waals surface area contributed by atoms with Crippen molar-refractivity contribution in [3.8, 4) is 0 Å². The number of benzene rings is 2. The lowest BCUT2D eigenvalue weighted by Crippen LogP contribution is -2.28. The van der Waals surface area contributed by atoms with Gasteiger partial charge in [-0.1, -0.05) is 24.3 Å². The average Bonchev–Trinajstić information content (AvgIpc) is 3.18. The van der Waals surface area contributed by atoms with E-state index in [-0.39, 0.29) is 18.3 Å². The average molecular weight is 383 g/mol. The summed E-state index contributed by atoms with van der Waals surface area (Å²) in [7, 11) is 0. The number of urea groups is 1. The highest BCUT2D eigenvalue weighted by molar-refractivity contribution is 7.12. The van der Waals surface area contributed by atoms with Gasteiger partial charge in [0.2, 0.25) is 0 Å². The number of carbonyl (C=O) groups excluding carboxylic acids is 2. The number of nitrogens with one attached hydrogen (secondary N) is 3. The molecule has 138 valence electrons. The molecule has 0 aliphatic carbocycles. The molecule has 3 N–H and O–H groups in total. The Kier molecular flexibility index (Phi) is 5.83. The molecule has 3 amide bonds. The van der Waals surface area contributed by atoms with Gasteiger partial charge in [0.1, 0.15) is 5.82 Å². The molecule has 7 heteroatoms. The van der Waals surface area contributed by atoms with Crippen molar-refractivity contribution in [3.63, 3.8) is 0 Å². The minimum absolute atomic E-state index is 0.196. The first-order valence-corrected chi connectivity index (χ1v) is 9.14. The van der Waals surface area contributed by atoms with Gasteiger partial charge in [0.05, 0.1) is 4.88 Å². The maximum Gasteiger partial charge on any atom is 0.319 e. The molecule has 27 heavy (non-hydrogen) atoms. The van der Waals surface area contributed by atoms with Crippen LogP contribution in [0.25, 0.3) is 0 Å². The van der Waals surface area contributed by atoms with Gasteiger partial charge in [-0.25, -0.2) is 9.18 Å². The fourth-order valence-corrected chi connectivity index (χ4v) is 3.07. The van der Waals surface area contributed by atoms with E-state index in [1.165, 1.54) is 17.4 Å². The first-order chi connectivity index (χ1) is 13.0. The summed E-state index contributed by atoms with van der Waals surface area (Å²) in [5, 5.41) is 10.1. The van der Waals surface area contributed by atoms with E-state index in [2.05, 4.69) is 16.0 Å². The molecule has 0 aliphatic heterocycles. The van der Waals surface area contributed by atoms with E-state index in [1.54, 1.807) is 49.4 Å². The van der Waals surface area contributed by atoms with Gasteiger partial charge < -0.3 is 16.0 Å². The third-order valence-electron chi connectivity index (χ3n) is 3.80. The summed E-state index contributed by atoms with van der Waals surface area (Å²) in [6.45, 7) is 1.96. The predicted octanol–water partition coefficient (Wildman–Crippen LogP) is 4.77. The molecule has 5 nitrogen and oxygen atoms in total. The summed E-state index contributed by atoms with van der Waals surface area (Å²) < 4.78 is 13.3. The normalized spacial score (nSPS) is 10.3. The third kappa shape index (κ3) is 5.15. The van der Waals surface area contributed by atoms with Crippen LogP contribution < -0.4 is 16.0 Å². The van der Waals surface area contributed by atoms with Gasteiger partial charge in [0.25, 0.3) is 5.91 Å². The van der Waals surface area contributed by atoms with E-state index < -0.39 is 6.03 Å². The van der Waals surface area contributed by atoms with Crippen molar-refractivity contribution in [2.45, 2.75) is 13.5 Å². The second-order valence-electron chi connectivity index (χ2n) is 5.90. The topological polar surface area (TPSA) is 70.2 Å². The molecule has 0 spiro atoms. The minimum Gasteiger partial charge on any atom is -0.334 e. The van der Waals surface area contributed by atoms with Gasteiger partial charge >= 0.3 is 6.03 Å². The number of rotatable bonds is 5. The van der Waals surface area contributed by atoms with Crippen LogP contribution in [0.1, 0.15) is 20.8 Å². The number of thiophene rings is 1. The smallest absolute Gasteiger partial charge is 0.319 e. The lowest BCUT2D eigenvalue weighted by atomic mass is 10.1. The molecule has 0 unspecified atom stereocenters. The highest BCUT2D eigenvalue weighted by Crippen LogP contribution is 2.17. The SMILES string of the molecule is Cc1cc(CNC(=O)Nc2cccc(NC(=O)c3cccs3)c2)ccc1F. The van der Waals surface area contributed by atoms with Crippen molar-refractivity contribution in [3.05, 3.63) is 81.8 Å². The number of hydrogen-bond donors (Lipinski definition) is 3. The second kappa shape index (κ2) is 8.46. The standard InChI is InChI=1S/C20H18FN3O2S/c1-13-10-14(7-8-17(13)21)12-22-20(26)24-16-5-2-4-15(11-16)23-19(25)18-6-3-9-27-18/h2-11H,12H2,1H3,(H,23,25)(H2,22,24,26). The van der Waals surface area contributed by atoms with E-state index in [9.17, 15) is 14.0 Å².